The molecule has 1 fully saturated rings. The highest BCUT2D eigenvalue weighted by Gasteiger charge is 2.35. The van der Waals surface area contributed by atoms with E-state index in [4.69, 9.17) is 14.2 Å². The molecule has 25 heavy (non-hydrogen) atoms. The van der Waals surface area contributed by atoms with Crippen molar-refractivity contribution < 1.29 is 23.8 Å². The summed E-state index contributed by atoms with van der Waals surface area (Å²) in [7, 11) is 6.37. The molecule has 138 valence electrons. The molecule has 1 unspecified atom stereocenters. The number of hydrogen-bond acceptors (Lipinski definition) is 6. The van der Waals surface area contributed by atoms with E-state index in [9.17, 15) is 9.59 Å². The number of rotatable bonds is 8. The van der Waals surface area contributed by atoms with Gasteiger partial charge >= 0.3 is 0 Å². The molecule has 8 heteroatoms. The molecule has 2 rings (SSSR count). The molecule has 1 saturated heterocycles. The van der Waals surface area contributed by atoms with Crippen molar-refractivity contribution in [2.24, 2.45) is 5.92 Å². The lowest BCUT2D eigenvalue weighted by molar-refractivity contribution is -0.126. The van der Waals surface area contributed by atoms with Crippen LogP contribution in [0.4, 0.5) is 5.69 Å². The van der Waals surface area contributed by atoms with E-state index in [1.54, 1.807) is 17.0 Å². The van der Waals surface area contributed by atoms with Gasteiger partial charge in [-0.1, -0.05) is 0 Å². The smallest absolute Gasteiger partial charge is 0.227 e. The summed E-state index contributed by atoms with van der Waals surface area (Å²) in [5.41, 5.74) is 0.616. The van der Waals surface area contributed by atoms with E-state index in [1.165, 1.54) is 21.3 Å². The Labute approximate surface area is 147 Å². The first-order valence-corrected chi connectivity index (χ1v) is 8.08. The summed E-state index contributed by atoms with van der Waals surface area (Å²) in [4.78, 5) is 26.2. The normalized spacial score (nSPS) is 16.7. The summed E-state index contributed by atoms with van der Waals surface area (Å²) in [6.45, 7) is 1.54. The average Bonchev–Trinajstić information content (AvgIpc) is 3.02. The number of anilines is 1. The maximum atomic E-state index is 12.4. The van der Waals surface area contributed by atoms with E-state index in [2.05, 4.69) is 10.6 Å². The van der Waals surface area contributed by atoms with E-state index < -0.39 is 0 Å². The number of amides is 2. The van der Waals surface area contributed by atoms with Gasteiger partial charge in [-0.25, -0.2) is 0 Å². The SMILES string of the molecule is CNCCNC(=O)C1CC(=O)N(c2cc(OC)c(OC)c(OC)c2)C1. The minimum atomic E-state index is -0.372. The summed E-state index contributed by atoms with van der Waals surface area (Å²) >= 11 is 0. The summed E-state index contributed by atoms with van der Waals surface area (Å²) < 4.78 is 15.9. The fraction of sp³-hybridized carbons (Fsp3) is 0.529. The van der Waals surface area contributed by atoms with Crippen LogP contribution >= 0.6 is 0 Å². The molecular weight excluding hydrogens is 326 g/mol. The van der Waals surface area contributed by atoms with Crippen molar-refractivity contribution in [3.05, 3.63) is 12.1 Å². The van der Waals surface area contributed by atoms with Crippen LogP contribution in [0.3, 0.4) is 0 Å². The number of hydrogen-bond donors (Lipinski definition) is 2. The second-order valence-corrected chi connectivity index (χ2v) is 5.68. The highest BCUT2D eigenvalue weighted by molar-refractivity contribution is 6.00. The molecule has 1 aliphatic rings. The Morgan fingerprint density at radius 1 is 1.16 bits per heavy atom. The third kappa shape index (κ3) is 4.14. The second-order valence-electron chi connectivity index (χ2n) is 5.68. The van der Waals surface area contributed by atoms with Gasteiger partial charge in [-0.3, -0.25) is 9.59 Å². The van der Waals surface area contributed by atoms with Crippen LogP contribution in [0.15, 0.2) is 12.1 Å². The highest BCUT2D eigenvalue weighted by atomic mass is 16.5. The molecule has 1 heterocycles. The zero-order valence-electron chi connectivity index (χ0n) is 15.0. The van der Waals surface area contributed by atoms with Gasteiger partial charge in [0.15, 0.2) is 11.5 Å². The van der Waals surface area contributed by atoms with Crippen molar-refractivity contribution in [1.29, 1.82) is 0 Å². The van der Waals surface area contributed by atoms with Crippen LogP contribution in [0.1, 0.15) is 6.42 Å². The largest absolute Gasteiger partial charge is 0.493 e. The minimum Gasteiger partial charge on any atom is -0.493 e. The molecule has 0 aromatic heterocycles. The first-order chi connectivity index (χ1) is 12.0. The van der Waals surface area contributed by atoms with Crippen LogP contribution < -0.4 is 29.7 Å². The van der Waals surface area contributed by atoms with Gasteiger partial charge in [0, 0.05) is 38.2 Å². The number of likely N-dealkylation sites (N-methyl/N-ethyl adjacent to an activating group) is 1. The fourth-order valence-corrected chi connectivity index (χ4v) is 2.81. The first-order valence-electron chi connectivity index (χ1n) is 8.08. The van der Waals surface area contributed by atoms with E-state index in [0.29, 0.717) is 42.6 Å². The number of carbonyl (C=O) groups is 2. The van der Waals surface area contributed by atoms with Crippen molar-refractivity contribution in [1.82, 2.24) is 10.6 Å². The lowest BCUT2D eigenvalue weighted by atomic mass is 10.1. The Morgan fingerprint density at radius 2 is 1.80 bits per heavy atom. The average molecular weight is 351 g/mol. The summed E-state index contributed by atoms with van der Waals surface area (Å²) in [6, 6.07) is 3.42. The maximum absolute atomic E-state index is 12.4. The molecule has 0 radical (unpaired) electrons. The Balaban J connectivity index is 2.18. The quantitative estimate of drug-likeness (QED) is 0.659. The molecule has 0 bridgehead atoms. The van der Waals surface area contributed by atoms with Gasteiger partial charge in [0.1, 0.15) is 0 Å². The molecule has 8 nitrogen and oxygen atoms in total. The number of ether oxygens (including phenoxy) is 3. The Morgan fingerprint density at radius 3 is 2.32 bits per heavy atom. The van der Waals surface area contributed by atoms with E-state index in [-0.39, 0.29) is 24.2 Å². The molecule has 1 aromatic carbocycles. The van der Waals surface area contributed by atoms with Crippen LogP contribution in [0, 0.1) is 5.92 Å². The third-order valence-electron chi connectivity index (χ3n) is 4.13. The van der Waals surface area contributed by atoms with Crippen LogP contribution in [0.5, 0.6) is 17.2 Å². The maximum Gasteiger partial charge on any atom is 0.227 e. The third-order valence-corrected chi connectivity index (χ3v) is 4.13. The second kappa shape index (κ2) is 8.57. The Kier molecular flexibility index (Phi) is 6.46. The molecule has 1 aromatic rings. The minimum absolute atomic E-state index is 0.108. The lowest BCUT2D eigenvalue weighted by Gasteiger charge is -2.20. The van der Waals surface area contributed by atoms with Crippen LogP contribution in [-0.2, 0) is 9.59 Å². The number of methoxy groups -OCH3 is 3. The molecule has 0 aliphatic carbocycles. The van der Waals surface area contributed by atoms with E-state index in [1.807, 2.05) is 7.05 Å². The summed E-state index contributed by atoms with van der Waals surface area (Å²) in [6.07, 6.45) is 0.183. The Hall–Kier alpha value is -2.48. The topological polar surface area (TPSA) is 89.1 Å². The zero-order chi connectivity index (χ0) is 18.4. The van der Waals surface area contributed by atoms with E-state index in [0.717, 1.165) is 0 Å². The van der Waals surface area contributed by atoms with Crippen molar-refractivity contribution in [3.63, 3.8) is 0 Å². The molecule has 2 amide bonds. The fourth-order valence-electron chi connectivity index (χ4n) is 2.81. The van der Waals surface area contributed by atoms with E-state index >= 15 is 0 Å². The lowest BCUT2D eigenvalue weighted by Crippen LogP contribution is -2.36. The zero-order valence-corrected chi connectivity index (χ0v) is 15.0. The van der Waals surface area contributed by atoms with Crippen molar-refractivity contribution in [2.45, 2.75) is 6.42 Å². The van der Waals surface area contributed by atoms with Gasteiger partial charge in [-0.15, -0.1) is 0 Å². The Bertz CT molecular complexity index is 610. The van der Waals surface area contributed by atoms with Gasteiger partial charge in [-0.2, -0.15) is 0 Å². The molecule has 1 atom stereocenters. The van der Waals surface area contributed by atoms with Gasteiger partial charge in [0.2, 0.25) is 17.6 Å². The number of nitrogens with zero attached hydrogens (tertiary/aromatic N) is 1. The summed E-state index contributed by atoms with van der Waals surface area (Å²) in [5, 5.41) is 5.79. The van der Waals surface area contributed by atoms with Gasteiger partial charge in [0.05, 0.1) is 32.9 Å². The summed E-state index contributed by atoms with van der Waals surface area (Å²) in [5.74, 6) is 0.796. The molecule has 2 N–H and O–H groups in total. The van der Waals surface area contributed by atoms with Crippen molar-refractivity contribution in [2.75, 3.05) is 52.9 Å². The predicted octanol–water partition coefficient (Wildman–Crippen LogP) is 0.401. The molecular formula is C17H25N3O5. The number of carbonyl (C=O) groups excluding carboxylic acids is 2. The van der Waals surface area contributed by atoms with Gasteiger partial charge < -0.3 is 29.7 Å². The molecule has 1 aliphatic heterocycles. The van der Waals surface area contributed by atoms with Crippen LogP contribution in [-0.4, -0.2) is 59.8 Å². The monoisotopic (exact) mass is 351 g/mol. The standard InChI is InChI=1S/C17H25N3O5/c1-18-5-6-19-17(22)11-7-15(21)20(10-11)12-8-13(23-2)16(25-4)14(9-12)24-3/h8-9,11,18H,5-7,10H2,1-4H3,(H,19,22). The van der Waals surface area contributed by atoms with Crippen molar-refractivity contribution >= 4 is 17.5 Å². The molecule has 0 saturated carbocycles. The van der Waals surface area contributed by atoms with Crippen LogP contribution in [0.2, 0.25) is 0 Å². The number of benzene rings is 1. The van der Waals surface area contributed by atoms with Crippen LogP contribution in [0.25, 0.3) is 0 Å². The predicted molar refractivity (Wildman–Crippen MR) is 93.5 cm³/mol. The highest BCUT2D eigenvalue weighted by Crippen LogP contribution is 2.42. The van der Waals surface area contributed by atoms with Gasteiger partial charge in [0.25, 0.3) is 0 Å². The number of nitrogens with one attached hydrogen (secondary N) is 2. The van der Waals surface area contributed by atoms with Crippen molar-refractivity contribution in [3.8, 4) is 17.2 Å². The molecule has 0 spiro atoms. The van der Waals surface area contributed by atoms with Gasteiger partial charge in [-0.05, 0) is 7.05 Å². The first kappa shape index (κ1) is 18.9.